The highest BCUT2D eigenvalue weighted by atomic mass is 32.1. The van der Waals surface area contributed by atoms with Crippen molar-refractivity contribution in [2.24, 2.45) is 0 Å². The van der Waals surface area contributed by atoms with Crippen LogP contribution in [0.1, 0.15) is 11.7 Å². The Labute approximate surface area is 111 Å². The summed E-state index contributed by atoms with van der Waals surface area (Å²) in [5, 5.41) is 33.3. The van der Waals surface area contributed by atoms with Crippen LogP contribution in [0.2, 0.25) is 0 Å². The number of hydrogen-bond acceptors (Lipinski definition) is 7. The van der Waals surface area contributed by atoms with Crippen molar-refractivity contribution in [1.29, 1.82) is 0 Å². The molecular formula is C10H8N5O3S-. The van der Waals surface area contributed by atoms with Gasteiger partial charge < -0.3 is 20.3 Å². The fourth-order valence-electron chi connectivity index (χ4n) is 2.04. The molecule has 3 N–H and O–H groups in total. The van der Waals surface area contributed by atoms with E-state index in [4.69, 9.17) is 12.2 Å². The molecule has 0 radical (unpaired) electrons. The Kier molecular flexibility index (Phi) is 2.57. The number of aromatic nitrogens is 4. The van der Waals surface area contributed by atoms with Crippen molar-refractivity contribution in [2.75, 3.05) is 5.32 Å². The van der Waals surface area contributed by atoms with E-state index in [9.17, 15) is 15.0 Å². The number of aliphatic carboxylic acids is 1. The quantitative estimate of drug-likeness (QED) is 0.597. The van der Waals surface area contributed by atoms with Gasteiger partial charge in [0.25, 0.3) is 0 Å². The molecule has 0 bridgehead atoms. The van der Waals surface area contributed by atoms with Gasteiger partial charge in [-0.15, -0.1) is 0 Å². The van der Waals surface area contributed by atoms with Crippen LogP contribution >= 0.6 is 12.2 Å². The zero-order chi connectivity index (χ0) is 13.6. The lowest BCUT2D eigenvalue weighted by molar-refractivity contribution is -0.308. The molecule has 9 heteroatoms. The van der Waals surface area contributed by atoms with Crippen LogP contribution in [0.15, 0.2) is 18.2 Å². The van der Waals surface area contributed by atoms with Crippen LogP contribution in [0.4, 0.5) is 5.69 Å². The third-order valence-corrected chi connectivity index (χ3v) is 3.23. The normalized spacial score (nSPS) is 20.9. The van der Waals surface area contributed by atoms with Crippen molar-refractivity contribution in [3.05, 3.63) is 28.5 Å². The molecule has 0 amide bonds. The average molecular weight is 278 g/mol. The van der Waals surface area contributed by atoms with Crippen LogP contribution < -0.4 is 10.4 Å². The number of aliphatic hydroxyl groups is 1. The molecule has 2 aromatic rings. The Bertz CT molecular complexity index is 709. The lowest BCUT2D eigenvalue weighted by Crippen LogP contribution is -2.41. The molecule has 98 valence electrons. The van der Waals surface area contributed by atoms with Gasteiger partial charge in [-0.05, 0) is 30.4 Å². The first-order chi connectivity index (χ1) is 9.08. The first-order valence-corrected chi connectivity index (χ1v) is 5.78. The van der Waals surface area contributed by atoms with E-state index in [0.717, 1.165) is 0 Å². The van der Waals surface area contributed by atoms with Gasteiger partial charge in [0.2, 0.25) is 4.77 Å². The Hall–Kier alpha value is -2.26. The molecule has 1 aromatic heterocycles. The minimum Gasteiger partial charge on any atom is -0.548 e. The molecule has 19 heavy (non-hydrogen) atoms. The molecule has 1 aliphatic rings. The third-order valence-electron chi connectivity index (χ3n) is 2.96. The second kappa shape index (κ2) is 4.14. The predicted molar refractivity (Wildman–Crippen MR) is 63.9 cm³/mol. The fraction of sp³-hybridized carbons (Fsp3) is 0.200. The molecule has 2 heterocycles. The maximum Gasteiger partial charge on any atom is 0.242 e. The molecule has 2 atom stereocenters. The van der Waals surface area contributed by atoms with Gasteiger partial charge in [0.1, 0.15) is 6.10 Å². The van der Waals surface area contributed by atoms with Crippen molar-refractivity contribution in [3.8, 4) is 5.69 Å². The summed E-state index contributed by atoms with van der Waals surface area (Å²) >= 11 is 4.97. The Morgan fingerprint density at radius 1 is 1.53 bits per heavy atom. The van der Waals surface area contributed by atoms with Gasteiger partial charge in [-0.2, -0.15) is 5.21 Å². The molecule has 3 rings (SSSR count). The summed E-state index contributed by atoms with van der Waals surface area (Å²) in [6.45, 7) is 0. The van der Waals surface area contributed by atoms with Gasteiger partial charge in [0.15, 0.2) is 0 Å². The molecule has 0 saturated heterocycles. The molecule has 1 aromatic carbocycles. The first-order valence-electron chi connectivity index (χ1n) is 5.38. The molecule has 2 unspecified atom stereocenters. The third kappa shape index (κ3) is 1.79. The predicted octanol–water partition coefficient (Wildman–Crippen LogP) is -1.10. The van der Waals surface area contributed by atoms with E-state index in [1.165, 1.54) is 4.68 Å². The molecule has 1 aliphatic heterocycles. The van der Waals surface area contributed by atoms with Crippen LogP contribution in [0.3, 0.4) is 0 Å². The summed E-state index contributed by atoms with van der Waals surface area (Å²) in [4.78, 5) is 10.9. The first kappa shape index (κ1) is 11.8. The molecule has 0 aliphatic carbocycles. The number of fused-ring (bicyclic) bond motifs is 1. The SMILES string of the molecule is O=C([O-])C1Nc2ccc(-n3[nH]nnc3=S)cc2C1O. The number of rotatable bonds is 2. The lowest BCUT2D eigenvalue weighted by atomic mass is 10.1. The maximum absolute atomic E-state index is 10.9. The van der Waals surface area contributed by atoms with Gasteiger partial charge in [-0.3, -0.25) is 0 Å². The fourth-order valence-corrected chi connectivity index (χ4v) is 2.23. The van der Waals surface area contributed by atoms with E-state index >= 15 is 0 Å². The zero-order valence-corrected chi connectivity index (χ0v) is 10.2. The molecule has 0 saturated carbocycles. The monoisotopic (exact) mass is 278 g/mol. The largest absolute Gasteiger partial charge is 0.548 e. The highest BCUT2D eigenvalue weighted by molar-refractivity contribution is 7.71. The highest BCUT2D eigenvalue weighted by Gasteiger charge is 2.31. The van der Waals surface area contributed by atoms with Crippen molar-refractivity contribution in [3.63, 3.8) is 0 Å². The average Bonchev–Trinajstić information content (AvgIpc) is 2.94. The van der Waals surface area contributed by atoms with Crippen molar-refractivity contribution < 1.29 is 15.0 Å². The Morgan fingerprint density at radius 3 is 2.95 bits per heavy atom. The number of carboxylic acids is 1. The number of aromatic amines is 1. The summed E-state index contributed by atoms with van der Waals surface area (Å²) in [6, 6.07) is 3.81. The summed E-state index contributed by atoms with van der Waals surface area (Å²) in [5.41, 5.74) is 1.61. The second-order valence-electron chi connectivity index (χ2n) is 4.08. The number of carbonyl (C=O) groups excluding carboxylic acids is 1. The topological polar surface area (TPSA) is 119 Å². The van der Waals surface area contributed by atoms with Gasteiger partial charge in [0, 0.05) is 11.3 Å². The van der Waals surface area contributed by atoms with E-state index in [-0.39, 0.29) is 4.77 Å². The Balaban J connectivity index is 2.06. The number of nitrogens with zero attached hydrogens (tertiary/aromatic N) is 3. The highest BCUT2D eigenvalue weighted by Crippen LogP contribution is 2.35. The van der Waals surface area contributed by atoms with Crippen LogP contribution in [-0.2, 0) is 4.79 Å². The smallest absolute Gasteiger partial charge is 0.242 e. The minimum absolute atomic E-state index is 0.233. The number of tetrazole rings is 1. The van der Waals surface area contributed by atoms with Crippen molar-refractivity contribution >= 4 is 23.9 Å². The number of carboxylic acid groups (broad SMARTS) is 1. The summed E-state index contributed by atoms with van der Waals surface area (Å²) in [7, 11) is 0. The summed E-state index contributed by atoms with van der Waals surface area (Å²) < 4.78 is 1.67. The number of anilines is 1. The number of aliphatic hydroxyl groups excluding tert-OH is 1. The number of hydrogen-bond donors (Lipinski definition) is 3. The van der Waals surface area contributed by atoms with Crippen LogP contribution in [0.5, 0.6) is 0 Å². The standard InChI is InChI=1S/C10H9N5O3S/c16-8-5-3-4(15-10(19)12-13-14-15)1-2-6(5)11-7(8)9(17)18/h1-3,7-8,11,16H,(H,17,18)(H,12,14,19)/p-1. The molecular weight excluding hydrogens is 270 g/mol. The van der Waals surface area contributed by atoms with Crippen molar-refractivity contribution in [1.82, 2.24) is 20.2 Å². The van der Waals surface area contributed by atoms with E-state index in [0.29, 0.717) is 16.9 Å². The number of H-pyrrole nitrogens is 1. The lowest BCUT2D eigenvalue weighted by Gasteiger charge is -2.15. The van der Waals surface area contributed by atoms with E-state index in [1.807, 2.05) is 0 Å². The second-order valence-corrected chi connectivity index (χ2v) is 4.44. The zero-order valence-electron chi connectivity index (χ0n) is 9.40. The van der Waals surface area contributed by atoms with Gasteiger partial charge in [0.05, 0.1) is 17.7 Å². The maximum atomic E-state index is 10.9. The number of nitrogens with one attached hydrogen (secondary N) is 2. The van der Waals surface area contributed by atoms with E-state index in [1.54, 1.807) is 18.2 Å². The van der Waals surface area contributed by atoms with Crippen LogP contribution in [0, 0.1) is 4.77 Å². The number of carbonyl (C=O) groups is 1. The van der Waals surface area contributed by atoms with Crippen LogP contribution in [-0.4, -0.2) is 37.3 Å². The van der Waals surface area contributed by atoms with Gasteiger partial charge in [-0.25, -0.2) is 4.68 Å². The molecule has 8 nitrogen and oxygen atoms in total. The van der Waals surface area contributed by atoms with Crippen LogP contribution in [0.25, 0.3) is 5.69 Å². The van der Waals surface area contributed by atoms with E-state index < -0.39 is 18.1 Å². The van der Waals surface area contributed by atoms with E-state index in [2.05, 4.69) is 20.8 Å². The number of benzene rings is 1. The van der Waals surface area contributed by atoms with Gasteiger partial charge in [-0.1, -0.05) is 10.3 Å². The molecule has 0 fully saturated rings. The Morgan fingerprint density at radius 2 is 2.32 bits per heavy atom. The van der Waals surface area contributed by atoms with Crippen molar-refractivity contribution in [2.45, 2.75) is 12.1 Å². The minimum atomic E-state index is -1.36. The summed E-state index contributed by atoms with van der Waals surface area (Å²) in [6.07, 6.45) is -1.18. The summed E-state index contributed by atoms with van der Waals surface area (Å²) in [5.74, 6) is -1.36. The van der Waals surface area contributed by atoms with Gasteiger partial charge >= 0.3 is 0 Å². The molecule has 0 spiro atoms.